The van der Waals surface area contributed by atoms with Crippen LogP contribution in [0.5, 0.6) is 0 Å². The molecule has 2 heterocycles. The van der Waals surface area contributed by atoms with E-state index in [-0.39, 0.29) is 16.6 Å². The molecule has 4 rings (SSSR count). The lowest BCUT2D eigenvalue weighted by Gasteiger charge is -2.32. The van der Waals surface area contributed by atoms with Gasteiger partial charge in [-0.05, 0) is 55.3 Å². The van der Waals surface area contributed by atoms with Crippen molar-refractivity contribution >= 4 is 40.6 Å². The first kappa shape index (κ1) is 23.3. The van der Waals surface area contributed by atoms with Gasteiger partial charge in [0.2, 0.25) is 5.91 Å². The molecule has 1 aromatic heterocycles. The van der Waals surface area contributed by atoms with Crippen molar-refractivity contribution in [3.05, 3.63) is 70.2 Å². The van der Waals surface area contributed by atoms with E-state index in [1.165, 1.54) is 0 Å². The quantitative estimate of drug-likeness (QED) is 0.460. The molecule has 0 radical (unpaired) electrons. The summed E-state index contributed by atoms with van der Waals surface area (Å²) in [6.45, 7) is 1.07. The molecule has 0 saturated carbocycles. The first-order chi connectivity index (χ1) is 15.7. The molecule has 0 bridgehead atoms. The minimum absolute atomic E-state index is 0.0488. The predicted octanol–water partition coefficient (Wildman–Crippen LogP) is 6.32. The number of nitrogens with zero attached hydrogens (tertiary/aromatic N) is 3. The fourth-order valence-corrected chi connectivity index (χ4v) is 3.99. The third kappa shape index (κ3) is 5.57. The van der Waals surface area contributed by atoms with E-state index in [0.717, 1.165) is 30.2 Å². The highest BCUT2D eigenvalue weighted by atomic mass is 35.5. The normalized spacial score (nSPS) is 16.5. The van der Waals surface area contributed by atoms with Crippen LogP contribution in [0.1, 0.15) is 18.4 Å². The Morgan fingerprint density at radius 1 is 1.03 bits per heavy atom. The number of benzene rings is 2. The second-order valence-corrected chi connectivity index (χ2v) is 8.59. The number of hydrogen-bond donors (Lipinski definition) is 1. The van der Waals surface area contributed by atoms with Crippen molar-refractivity contribution in [2.45, 2.75) is 19.0 Å². The second kappa shape index (κ2) is 9.57. The molecule has 1 atom stereocenters. The second-order valence-electron chi connectivity index (χ2n) is 7.75. The van der Waals surface area contributed by atoms with Gasteiger partial charge in [-0.15, -0.1) is 10.2 Å². The zero-order valence-corrected chi connectivity index (χ0v) is 18.8. The standard InChI is InChI=1S/C23H19Cl2F3N4O/c24-17-6-3-14(4-7-17)19-9-10-21(31-30-19)32-11-1-2-15(13-32)22(33)29-20-12-16(23(26,27)28)5-8-18(20)25/h3-10,12,15H,1-2,11,13H2,(H,29,33). The van der Waals surface area contributed by atoms with Crippen LogP contribution in [0.3, 0.4) is 0 Å². The summed E-state index contributed by atoms with van der Waals surface area (Å²) in [6.07, 6.45) is -3.19. The van der Waals surface area contributed by atoms with E-state index in [9.17, 15) is 18.0 Å². The van der Waals surface area contributed by atoms with Crippen LogP contribution in [0.4, 0.5) is 24.7 Å². The molecule has 2 aromatic carbocycles. The Kier molecular flexibility index (Phi) is 6.76. The highest BCUT2D eigenvalue weighted by Crippen LogP contribution is 2.34. The van der Waals surface area contributed by atoms with Gasteiger partial charge in [-0.25, -0.2) is 0 Å². The molecular weight excluding hydrogens is 476 g/mol. The van der Waals surface area contributed by atoms with E-state index in [1.54, 1.807) is 12.1 Å². The largest absolute Gasteiger partial charge is 0.416 e. The lowest BCUT2D eigenvalue weighted by Crippen LogP contribution is -2.41. The summed E-state index contributed by atoms with van der Waals surface area (Å²) in [6, 6.07) is 13.8. The van der Waals surface area contributed by atoms with Crippen LogP contribution in [0.15, 0.2) is 54.6 Å². The number of carbonyl (C=O) groups is 1. The Morgan fingerprint density at radius 3 is 2.45 bits per heavy atom. The molecule has 0 spiro atoms. The van der Waals surface area contributed by atoms with Gasteiger partial charge in [0.1, 0.15) is 0 Å². The van der Waals surface area contributed by atoms with Gasteiger partial charge in [0.05, 0.1) is 27.9 Å². The minimum Gasteiger partial charge on any atom is -0.354 e. The number of amides is 1. The van der Waals surface area contributed by atoms with Crippen molar-refractivity contribution < 1.29 is 18.0 Å². The van der Waals surface area contributed by atoms with Crippen molar-refractivity contribution in [3.8, 4) is 11.3 Å². The summed E-state index contributed by atoms with van der Waals surface area (Å²) in [5.74, 6) is -0.184. The average molecular weight is 495 g/mol. The van der Waals surface area contributed by atoms with E-state index in [4.69, 9.17) is 23.2 Å². The third-order valence-electron chi connectivity index (χ3n) is 5.46. The van der Waals surface area contributed by atoms with Crippen molar-refractivity contribution in [3.63, 3.8) is 0 Å². The number of alkyl halides is 3. The lowest BCUT2D eigenvalue weighted by molar-refractivity contribution is -0.137. The first-order valence-corrected chi connectivity index (χ1v) is 11.0. The zero-order valence-electron chi connectivity index (χ0n) is 17.2. The van der Waals surface area contributed by atoms with Gasteiger partial charge in [-0.1, -0.05) is 35.3 Å². The van der Waals surface area contributed by atoms with Crippen molar-refractivity contribution in [2.75, 3.05) is 23.3 Å². The van der Waals surface area contributed by atoms with Gasteiger partial charge in [0.15, 0.2) is 5.82 Å². The summed E-state index contributed by atoms with van der Waals surface area (Å²) in [4.78, 5) is 14.7. The maximum absolute atomic E-state index is 13.0. The molecule has 1 aliphatic rings. The molecular formula is C23H19Cl2F3N4O. The molecule has 3 aromatic rings. The van der Waals surface area contributed by atoms with Crippen molar-refractivity contribution in [2.24, 2.45) is 5.92 Å². The van der Waals surface area contributed by atoms with Gasteiger partial charge in [-0.3, -0.25) is 4.79 Å². The Bertz CT molecular complexity index is 1140. The Balaban J connectivity index is 1.44. The topological polar surface area (TPSA) is 58.1 Å². The van der Waals surface area contributed by atoms with E-state index < -0.39 is 17.7 Å². The molecule has 172 valence electrons. The number of halogens is 5. The highest BCUT2D eigenvalue weighted by molar-refractivity contribution is 6.33. The highest BCUT2D eigenvalue weighted by Gasteiger charge is 2.32. The fourth-order valence-electron chi connectivity index (χ4n) is 3.70. The maximum Gasteiger partial charge on any atom is 0.416 e. The Morgan fingerprint density at radius 2 is 1.79 bits per heavy atom. The number of carbonyl (C=O) groups excluding carboxylic acids is 1. The van der Waals surface area contributed by atoms with Crippen molar-refractivity contribution in [1.82, 2.24) is 10.2 Å². The number of anilines is 2. The van der Waals surface area contributed by atoms with Crippen molar-refractivity contribution in [1.29, 1.82) is 0 Å². The zero-order chi connectivity index (χ0) is 23.6. The van der Waals surface area contributed by atoms with Gasteiger partial charge in [0, 0.05) is 23.7 Å². The predicted molar refractivity (Wildman–Crippen MR) is 122 cm³/mol. The van der Waals surface area contributed by atoms with Crippen LogP contribution < -0.4 is 10.2 Å². The summed E-state index contributed by atoms with van der Waals surface area (Å²) < 4.78 is 39.0. The van der Waals surface area contributed by atoms with E-state index in [1.807, 2.05) is 29.2 Å². The van der Waals surface area contributed by atoms with Gasteiger partial charge < -0.3 is 10.2 Å². The number of piperidine rings is 1. The van der Waals surface area contributed by atoms with E-state index in [0.29, 0.717) is 36.0 Å². The van der Waals surface area contributed by atoms with Crippen LogP contribution >= 0.6 is 23.2 Å². The van der Waals surface area contributed by atoms with Crippen LogP contribution in [-0.2, 0) is 11.0 Å². The van der Waals surface area contributed by atoms with Crippen LogP contribution in [0.2, 0.25) is 10.0 Å². The van der Waals surface area contributed by atoms with Gasteiger partial charge in [0.25, 0.3) is 0 Å². The molecule has 1 saturated heterocycles. The third-order valence-corrected chi connectivity index (χ3v) is 6.04. The monoisotopic (exact) mass is 494 g/mol. The fraction of sp³-hybridized carbons (Fsp3) is 0.261. The molecule has 1 amide bonds. The molecule has 0 aliphatic carbocycles. The summed E-state index contributed by atoms with van der Waals surface area (Å²) in [5, 5.41) is 11.8. The van der Waals surface area contributed by atoms with Crippen LogP contribution in [0, 0.1) is 5.92 Å². The molecule has 1 N–H and O–H groups in total. The Hall–Kier alpha value is -2.84. The number of nitrogens with one attached hydrogen (secondary N) is 1. The SMILES string of the molecule is O=C(Nc1cc(C(F)(F)F)ccc1Cl)C1CCCN(c2ccc(-c3ccc(Cl)cc3)nn2)C1. The molecule has 1 fully saturated rings. The molecule has 10 heteroatoms. The number of aromatic nitrogens is 2. The first-order valence-electron chi connectivity index (χ1n) is 10.2. The van der Waals surface area contributed by atoms with E-state index >= 15 is 0 Å². The summed E-state index contributed by atoms with van der Waals surface area (Å²) in [5.41, 5.74) is 0.650. The summed E-state index contributed by atoms with van der Waals surface area (Å²) >= 11 is 11.9. The van der Waals surface area contributed by atoms with E-state index in [2.05, 4.69) is 15.5 Å². The smallest absolute Gasteiger partial charge is 0.354 e. The number of hydrogen-bond acceptors (Lipinski definition) is 4. The molecule has 33 heavy (non-hydrogen) atoms. The van der Waals surface area contributed by atoms with Gasteiger partial charge in [-0.2, -0.15) is 13.2 Å². The minimum atomic E-state index is -4.53. The Labute approximate surface area is 198 Å². The van der Waals surface area contributed by atoms with Gasteiger partial charge >= 0.3 is 6.18 Å². The van der Waals surface area contributed by atoms with Crippen LogP contribution in [-0.4, -0.2) is 29.2 Å². The van der Waals surface area contributed by atoms with Crippen LogP contribution in [0.25, 0.3) is 11.3 Å². The molecule has 1 aliphatic heterocycles. The lowest BCUT2D eigenvalue weighted by atomic mass is 9.97. The summed E-state index contributed by atoms with van der Waals surface area (Å²) in [7, 11) is 0. The maximum atomic E-state index is 13.0. The molecule has 1 unspecified atom stereocenters. The number of rotatable bonds is 4. The molecule has 5 nitrogen and oxygen atoms in total. The average Bonchev–Trinajstić information content (AvgIpc) is 2.80.